The van der Waals surface area contributed by atoms with Crippen LogP contribution in [0.4, 0.5) is 0 Å². The minimum Gasteiger partial charge on any atom is -0.496 e. The molecule has 1 aromatic carbocycles. The predicted molar refractivity (Wildman–Crippen MR) is 60.1 cm³/mol. The topological polar surface area (TPSA) is 72.5 Å². The quantitative estimate of drug-likeness (QED) is 0.874. The van der Waals surface area contributed by atoms with Crippen LogP contribution in [0.1, 0.15) is 11.5 Å². The largest absolute Gasteiger partial charge is 0.496 e. The Bertz CT molecular complexity index is 368. The molecule has 0 aromatic heterocycles. The Morgan fingerprint density at radius 3 is 2.80 bits per heavy atom. The van der Waals surface area contributed by atoms with Crippen molar-refractivity contribution in [2.24, 2.45) is 5.73 Å². The van der Waals surface area contributed by atoms with E-state index in [4.69, 9.17) is 15.6 Å². The third-order valence-electron chi connectivity index (χ3n) is 2.10. The van der Waals surface area contributed by atoms with Crippen molar-refractivity contribution in [2.45, 2.75) is 5.92 Å². The maximum atomic E-state index is 10.9. The van der Waals surface area contributed by atoms with Gasteiger partial charge in [-0.15, -0.1) is 0 Å². The SMILES string of the molecule is COc1cc(Br)ccc1C(CN)C(=O)O. The average molecular weight is 274 g/mol. The lowest BCUT2D eigenvalue weighted by Crippen LogP contribution is -2.21. The normalized spacial score (nSPS) is 12.2. The molecule has 0 amide bonds. The fourth-order valence-corrected chi connectivity index (χ4v) is 1.67. The number of ether oxygens (including phenoxy) is 1. The van der Waals surface area contributed by atoms with Gasteiger partial charge in [0, 0.05) is 16.6 Å². The number of hydrogen-bond acceptors (Lipinski definition) is 3. The van der Waals surface area contributed by atoms with E-state index in [9.17, 15) is 4.79 Å². The molecule has 0 aliphatic heterocycles. The van der Waals surface area contributed by atoms with Gasteiger partial charge in [0.15, 0.2) is 0 Å². The highest BCUT2D eigenvalue weighted by Crippen LogP contribution is 2.29. The third kappa shape index (κ3) is 2.70. The predicted octanol–water partition coefficient (Wildman–Crippen LogP) is 1.58. The fraction of sp³-hybridized carbons (Fsp3) is 0.300. The van der Waals surface area contributed by atoms with Crippen LogP contribution in [0.5, 0.6) is 5.75 Å². The number of hydrogen-bond donors (Lipinski definition) is 2. The van der Waals surface area contributed by atoms with E-state index < -0.39 is 11.9 Å². The standard InChI is InChI=1S/C10H12BrNO3/c1-15-9-4-6(11)2-3-7(9)8(5-12)10(13)14/h2-4,8H,5,12H2,1H3,(H,13,14). The second kappa shape index (κ2) is 5.14. The zero-order valence-corrected chi connectivity index (χ0v) is 9.82. The highest BCUT2D eigenvalue weighted by Gasteiger charge is 2.21. The summed E-state index contributed by atoms with van der Waals surface area (Å²) in [6.45, 7) is 0.0489. The van der Waals surface area contributed by atoms with Crippen LogP contribution in [-0.2, 0) is 4.79 Å². The van der Waals surface area contributed by atoms with Crippen molar-refractivity contribution < 1.29 is 14.6 Å². The molecule has 0 fully saturated rings. The van der Waals surface area contributed by atoms with Gasteiger partial charge in [-0.2, -0.15) is 0 Å². The second-order valence-corrected chi connectivity index (χ2v) is 3.93. The van der Waals surface area contributed by atoms with Gasteiger partial charge >= 0.3 is 5.97 Å². The Balaban J connectivity index is 3.16. The zero-order valence-electron chi connectivity index (χ0n) is 8.24. The molecule has 0 aliphatic carbocycles. The van der Waals surface area contributed by atoms with Crippen LogP contribution in [0.3, 0.4) is 0 Å². The Hall–Kier alpha value is -1.07. The number of benzene rings is 1. The van der Waals surface area contributed by atoms with Gasteiger partial charge in [0.05, 0.1) is 13.0 Å². The number of carbonyl (C=O) groups is 1. The average Bonchev–Trinajstić information content (AvgIpc) is 2.20. The first-order chi connectivity index (χ1) is 7.10. The van der Waals surface area contributed by atoms with Gasteiger partial charge in [-0.05, 0) is 12.1 Å². The Kier molecular flexibility index (Phi) is 4.11. The molecule has 5 heteroatoms. The number of rotatable bonds is 4. The fourth-order valence-electron chi connectivity index (χ4n) is 1.33. The Labute approximate surface area is 96.2 Å². The van der Waals surface area contributed by atoms with E-state index in [1.807, 2.05) is 0 Å². The van der Waals surface area contributed by atoms with Crippen LogP contribution in [0.15, 0.2) is 22.7 Å². The lowest BCUT2D eigenvalue weighted by Gasteiger charge is -2.14. The molecule has 1 aromatic rings. The lowest BCUT2D eigenvalue weighted by molar-refractivity contribution is -0.138. The van der Waals surface area contributed by atoms with Crippen LogP contribution >= 0.6 is 15.9 Å². The maximum absolute atomic E-state index is 10.9. The zero-order chi connectivity index (χ0) is 11.4. The molecule has 1 atom stereocenters. The van der Waals surface area contributed by atoms with Gasteiger partial charge in [0.2, 0.25) is 0 Å². The first-order valence-electron chi connectivity index (χ1n) is 4.36. The molecule has 0 heterocycles. The summed E-state index contributed by atoms with van der Waals surface area (Å²) < 4.78 is 5.95. The number of methoxy groups -OCH3 is 1. The molecule has 0 saturated carbocycles. The van der Waals surface area contributed by atoms with Gasteiger partial charge in [-0.25, -0.2) is 0 Å². The molecular formula is C10H12BrNO3. The van der Waals surface area contributed by atoms with Crippen molar-refractivity contribution in [1.29, 1.82) is 0 Å². The van der Waals surface area contributed by atoms with Crippen molar-refractivity contribution in [1.82, 2.24) is 0 Å². The minimum absolute atomic E-state index is 0.0489. The van der Waals surface area contributed by atoms with Crippen molar-refractivity contribution in [3.63, 3.8) is 0 Å². The van der Waals surface area contributed by atoms with E-state index in [0.717, 1.165) is 4.47 Å². The molecule has 15 heavy (non-hydrogen) atoms. The summed E-state index contributed by atoms with van der Waals surface area (Å²) >= 11 is 3.29. The molecule has 82 valence electrons. The molecule has 1 rings (SSSR count). The first-order valence-corrected chi connectivity index (χ1v) is 5.15. The van der Waals surface area contributed by atoms with E-state index in [2.05, 4.69) is 15.9 Å². The van der Waals surface area contributed by atoms with E-state index in [-0.39, 0.29) is 6.54 Å². The van der Waals surface area contributed by atoms with Crippen LogP contribution in [0.2, 0.25) is 0 Å². The van der Waals surface area contributed by atoms with Crippen molar-refractivity contribution >= 4 is 21.9 Å². The smallest absolute Gasteiger partial charge is 0.312 e. The van der Waals surface area contributed by atoms with Crippen molar-refractivity contribution in [3.05, 3.63) is 28.2 Å². The van der Waals surface area contributed by atoms with Crippen LogP contribution in [0.25, 0.3) is 0 Å². The Morgan fingerprint density at radius 2 is 2.33 bits per heavy atom. The van der Waals surface area contributed by atoms with Crippen molar-refractivity contribution in [2.75, 3.05) is 13.7 Å². The molecule has 0 spiro atoms. The van der Waals surface area contributed by atoms with Crippen LogP contribution < -0.4 is 10.5 Å². The lowest BCUT2D eigenvalue weighted by atomic mass is 9.98. The molecule has 4 nitrogen and oxygen atoms in total. The van der Waals surface area contributed by atoms with E-state index >= 15 is 0 Å². The summed E-state index contributed by atoms with van der Waals surface area (Å²) in [5.74, 6) is -1.15. The monoisotopic (exact) mass is 273 g/mol. The molecule has 0 aliphatic rings. The maximum Gasteiger partial charge on any atom is 0.312 e. The summed E-state index contributed by atoms with van der Waals surface area (Å²) in [5.41, 5.74) is 6.01. The number of aliphatic carboxylic acids is 1. The summed E-state index contributed by atoms with van der Waals surface area (Å²) in [4.78, 5) is 10.9. The number of carboxylic acid groups (broad SMARTS) is 1. The number of halogens is 1. The second-order valence-electron chi connectivity index (χ2n) is 3.01. The van der Waals surface area contributed by atoms with Gasteiger partial charge < -0.3 is 15.6 Å². The van der Waals surface area contributed by atoms with Gasteiger partial charge in [-0.3, -0.25) is 4.79 Å². The highest BCUT2D eigenvalue weighted by molar-refractivity contribution is 9.10. The molecule has 3 N–H and O–H groups in total. The summed E-state index contributed by atoms with van der Waals surface area (Å²) in [6, 6.07) is 5.19. The van der Waals surface area contributed by atoms with E-state index in [0.29, 0.717) is 11.3 Å². The Morgan fingerprint density at radius 1 is 1.67 bits per heavy atom. The molecule has 0 bridgehead atoms. The molecular weight excluding hydrogens is 262 g/mol. The van der Waals surface area contributed by atoms with Gasteiger partial charge in [0.25, 0.3) is 0 Å². The minimum atomic E-state index is -0.946. The molecule has 0 radical (unpaired) electrons. The number of nitrogens with two attached hydrogens (primary N) is 1. The number of carboxylic acids is 1. The summed E-state index contributed by atoms with van der Waals surface area (Å²) in [5, 5.41) is 8.97. The molecule has 1 unspecified atom stereocenters. The van der Waals surface area contributed by atoms with Crippen LogP contribution in [-0.4, -0.2) is 24.7 Å². The summed E-state index contributed by atoms with van der Waals surface area (Å²) in [6.07, 6.45) is 0. The summed E-state index contributed by atoms with van der Waals surface area (Å²) in [7, 11) is 1.50. The van der Waals surface area contributed by atoms with Crippen LogP contribution in [0, 0.1) is 0 Å². The van der Waals surface area contributed by atoms with E-state index in [1.165, 1.54) is 7.11 Å². The van der Waals surface area contributed by atoms with E-state index in [1.54, 1.807) is 18.2 Å². The highest BCUT2D eigenvalue weighted by atomic mass is 79.9. The van der Waals surface area contributed by atoms with Gasteiger partial charge in [0.1, 0.15) is 5.75 Å². The van der Waals surface area contributed by atoms with Crippen molar-refractivity contribution in [3.8, 4) is 5.75 Å². The molecule has 0 saturated heterocycles. The van der Waals surface area contributed by atoms with Gasteiger partial charge in [-0.1, -0.05) is 22.0 Å². The third-order valence-corrected chi connectivity index (χ3v) is 2.60. The first kappa shape index (κ1) is 12.0.